The summed E-state index contributed by atoms with van der Waals surface area (Å²) < 4.78 is 5.56. The number of carbonyl (C=O) groups is 2. The second-order valence-corrected chi connectivity index (χ2v) is 6.32. The number of fused-ring (bicyclic) bond motifs is 1. The van der Waals surface area contributed by atoms with Crippen molar-refractivity contribution in [2.75, 3.05) is 6.61 Å². The number of benzene rings is 2. The SMILES string of the molecule is CC(C)CC(=O)NC(=S)NNC(=O)COc1cccc2ccccc12. The normalized spacial score (nSPS) is 10.4. The first-order chi connectivity index (χ1) is 12.0. The highest BCUT2D eigenvalue weighted by atomic mass is 32.1. The monoisotopic (exact) mass is 359 g/mol. The first-order valence-electron chi connectivity index (χ1n) is 7.95. The van der Waals surface area contributed by atoms with Gasteiger partial charge >= 0.3 is 0 Å². The molecule has 0 unspecified atom stereocenters. The fraction of sp³-hybridized carbons (Fsp3) is 0.278. The molecule has 0 heterocycles. The maximum atomic E-state index is 11.8. The number of hydrogen-bond donors (Lipinski definition) is 3. The van der Waals surface area contributed by atoms with Crippen LogP contribution in [0.2, 0.25) is 0 Å². The van der Waals surface area contributed by atoms with Gasteiger partial charge in [-0.1, -0.05) is 50.2 Å². The molecule has 0 spiro atoms. The van der Waals surface area contributed by atoms with Crippen LogP contribution in [0.5, 0.6) is 5.75 Å². The van der Waals surface area contributed by atoms with E-state index in [1.54, 1.807) is 6.07 Å². The third-order valence-electron chi connectivity index (χ3n) is 3.27. The molecular weight excluding hydrogens is 338 g/mol. The molecular formula is C18H21N3O3S. The number of amides is 2. The predicted octanol–water partition coefficient (Wildman–Crippen LogP) is 2.29. The first-order valence-corrected chi connectivity index (χ1v) is 8.35. The Morgan fingerprint density at radius 1 is 1.04 bits per heavy atom. The van der Waals surface area contributed by atoms with Gasteiger partial charge < -0.3 is 10.1 Å². The van der Waals surface area contributed by atoms with Crippen molar-refractivity contribution >= 4 is 39.9 Å². The van der Waals surface area contributed by atoms with E-state index in [-0.39, 0.29) is 23.5 Å². The van der Waals surface area contributed by atoms with Crippen molar-refractivity contribution in [1.29, 1.82) is 0 Å². The van der Waals surface area contributed by atoms with Gasteiger partial charge in [-0.15, -0.1) is 0 Å². The van der Waals surface area contributed by atoms with Gasteiger partial charge in [0.05, 0.1) is 0 Å². The van der Waals surface area contributed by atoms with E-state index in [4.69, 9.17) is 17.0 Å². The molecule has 3 N–H and O–H groups in total. The van der Waals surface area contributed by atoms with Gasteiger partial charge in [-0.05, 0) is 29.6 Å². The summed E-state index contributed by atoms with van der Waals surface area (Å²) in [4.78, 5) is 23.4. The van der Waals surface area contributed by atoms with E-state index in [9.17, 15) is 9.59 Å². The molecule has 2 amide bonds. The van der Waals surface area contributed by atoms with Crippen molar-refractivity contribution in [3.05, 3.63) is 42.5 Å². The van der Waals surface area contributed by atoms with Crippen LogP contribution >= 0.6 is 12.2 Å². The molecule has 25 heavy (non-hydrogen) atoms. The van der Waals surface area contributed by atoms with Crippen molar-refractivity contribution in [3.63, 3.8) is 0 Å². The molecule has 0 aliphatic rings. The smallest absolute Gasteiger partial charge is 0.276 e. The summed E-state index contributed by atoms with van der Waals surface area (Å²) in [6.45, 7) is 3.69. The van der Waals surface area contributed by atoms with Crippen LogP contribution in [0.4, 0.5) is 0 Å². The van der Waals surface area contributed by atoms with Crippen LogP contribution in [0, 0.1) is 5.92 Å². The summed E-state index contributed by atoms with van der Waals surface area (Å²) in [6, 6.07) is 13.4. The molecule has 2 aromatic rings. The molecule has 2 aromatic carbocycles. The lowest BCUT2D eigenvalue weighted by Crippen LogP contribution is -2.49. The average Bonchev–Trinajstić information content (AvgIpc) is 2.57. The molecule has 0 saturated carbocycles. The largest absolute Gasteiger partial charge is 0.483 e. The minimum absolute atomic E-state index is 0.0455. The molecule has 0 saturated heterocycles. The third kappa shape index (κ3) is 6.04. The van der Waals surface area contributed by atoms with Crippen molar-refractivity contribution in [2.24, 2.45) is 5.92 Å². The van der Waals surface area contributed by atoms with Crippen molar-refractivity contribution in [2.45, 2.75) is 20.3 Å². The van der Waals surface area contributed by atoms with Gasteiger partial charge in [-0.2, -0.15) is 0 Å². The molecule has 132 valence electrons. The predicted molar refractivity (Wildman–Crippen MR) is 101 cm³/mol. The molecule has 2 rings (SSSR count). The molecule has 0 fully saturated rings. The highest BCUT2D eigenvalue weighted by molar-refractivity contribution is 7.80. The van der Waals surface area contributed by atoms with Gasteiger partial charge in [0.25, 0.3) is 5.91 Å². The zero-order valence-electron chi connectivity index (χ0n) is 14.2. The number of nitrogens with one attached hydrogen (secondary N) is 3. The maximum absolute atomic E-state index is 11.8. The minimum Gasteiger partial charge on any atom is -0.483 e. The van der Waals surface area contributed by atoms with E-state index >= 15 is 0 Å². The number of thiocarbonyl (C=S) groups is 1. The average molecular weight is 359 g/mol. The van der Waals surface area contributed by atoms with Crippen LogP contribution in [0.3, 0.4) is 0 Å². The van der Waals surface area contributed by atoms with E-state index in [0.717, 1.165) is 10.8 Å². The molecule has 0 atom stereocenters. The van der Waals surface area contributed by atoms with E-state index in [0.29, 0.717) is 12.2 Å². The Morgan fingerprint density at radius 3 is 2.52 bits per heavy atom. The number of rotatable bonds is 5. The quantitative estimate of drug-likeness (QED) is 0.564. The zero-order chi connectivity index (χ0) is 18.2. The second kappa shape index (κ2) is 8.98. The van der Waals surface area contributed by atoms with Crippen LogP contribution in [0.15, 0.2) is 42.5 Å². The first kappa shape index (κ1) is 18.7. The summed E-state index contributed by atoms with van der Waals surface area (Å²) >= 11 is 4.94. The third-order valence-corrected chi connectivity index (χ3v) is 3.47. The fourth-order valence-corrected chi connectivity index (χ4v) is 2.37. The lowest BCUT2D eigenvalue weighted by Gasteiger charge is -2.12. The summed E-state index contributed by atoms with van der Waals surface area (Å²) in [7, 11) is 0. The Hall–Kier alpha value is -2.67. The van der Waals surface area contributed by atoms with Crippen molar-refractivity contribution < 1.29 is 14.3 Å². The number of carbonyl (C=O) groups excluding carboxylic acids is 2. The molecule has 0 aromatic heterocycles. The summed E-state index contributed by atoms with van der Waals surface area (Å²) in [5, 5.41) is 4.50. The van der Waals surface area contributed by atoms with Crippen LogP contribution in [-0.4, -0.2) is 23.5 Å². The lowest BCUT2D eigenvalue weighted by atomic mass is 10.1. The maximum Gasteiger partial charge on any atom is 0.276 e. The molecule has 0 aliphatic carbocycles. The topological polar surface area (TPSA) is 79.5 Å². The Labute approximate surface area is 151 Å². The standard InChI is InChI=1S/C18H21N3O3S/c1-12(2)10-16(22)19-18(25)21-20-17(23)11-24-15-9-5-7-13-6-3-4-8-14(13)15/h3-9,12H,10-11H2,1-2H3,(H,20,23)(H2,19,21,22,25). The minimum atomic E-state index is -0.409. The molecule has 7 heteroatoms. The van der Waals surface area contributed by atoms with Crippen LogP contribution in [0.1, 0.15) is 20.3 Å². The molecule has 0 aliphatic heterocycles. The van der Waals surface area contributed by atoms with E-state index < -0.39 is 5.91 Å². The van der Waals surface area contributed by atoms with Gasteiger partial charge in [-0.3, -0.25) is 20.4 Å². The Kier molecular flexibility index (Phi) is 6.71. The molecule has 0 radical (unpaired) electrons. The van der Waals surface area contributed by atoms with Crippen LogP contribution < -0.4 is 20.9 Å². The van der Waals surface area contributed by atoms with Crippen LogP contribution in [-0.2, 0) is 9.59 Å². The van der Waals surface area contributed by atoms with Crippen molar-refractivity contribution in [1.82, 2.24) is 16.2 Å². The fourth-order valence-electron chi connectivity index (χ4n) is 2.21. The Morgan fingerprint density at radius 2 is 1.76 bits per heavy atom. The zero-order valence-corrected chi connectivity index (χ0v) is 15.0. The van der Waals surface area contributed by atoms with Gasteiger partial charge in [0.1, 0.15) is 5.75 Å². The van der Waals surface area contributed by atoms with Gasteiger partial charge in [0, 0.05) is 11.8 Å². The summed E-state index contributed by atoms with van der Waals surface area (Å²) in [5.74, 6) is 0.245. The highest BCUT2D eigenvalue weighted by Gasteiger charge is 2.09. The summed E-state index contributed by atoms with van der Waals surface area (Å²) in [5.41, 5.74) is 4.87. The highest BCUT2D eigenvalue weighted by Crippen LogP contribution is 2.24. The van der Waals surface area contributed by atoms with E-state index in [1.165, 1.54) is 0 Å². The lowest BCUT2D eigenvalue weighted by molar-refractivity contribution is -0.124. The van der Waals surface area contributed by atoms with Gasteiger partial charge in [0.2, 0.25) is 5.91 Å². The van der Waals surface area contributed by atoms with Crippen molar-refractivity contribution in [3.8, 4) is 5.75 Å². The van der Waals surface area contributed by atoms with E-state index in [2.05, 4.69) is 16.2 Å². The molecule has 6 nitrogen and oxygen atoms in total. The Balaban J connectivity index is 1.79. The van der Waals surface area contributed by atoms with Gasteiger partial charge in [0.15, 0.2) is 11.7 Å². The number of ether oxygens (including phenoxy) is 1. The van der Waals surface area contributed by atoms with Crippen LogP contribution in [0.25, 0.3) is 10.8 Å². The number of hydrogen-bond acceptors (Lipinski definition) is 4. The molecule has 0 bridgehead atoms. The number of hydrazine groups is 1. The second-order valence-electron chi connectivity index (χ2n) is 5.91. The summed E-state index contributed by atoms with van der Waals surface area (Å²) in [6.07, 6.45) is 0.361. The Bertz CT molecular complexity index is 772. The van der Waals surface area contributed by atoms with Gasteiger partial charge in [-0.25, -0.2) is 0 Å². The van der Waals surface area contributed by atoms with E-state index in [1.807, 2.05) is 50.2 Å².